The topological polar surface area (TPSA) is 61.1 Å². The number of carbonyl (C=O) groups is 1. The van der Waals surface area contributed by atoms with Crippen LogP contribution in [0.1, 0.15) is 26.2 Å². The summed E-state index contributed by atoms with van der Waals surface area (Å²) in [6.07, 6.45) is 2.66. The van der Waals surface area contributed by atoms with E-state index in [0.29, 0.717) is 19.1 Å². The summed E-state index contributed by atoms with van der Waals surface area (Å²) in [6, 6.07) is 2.02. The van der Waals surface area contributed by atoms with Crippen LogP contribution in [-0.4, -0.2) is 17.0 Å². The van der Waals surface area contributed by atoms with Crippen LogP contribution >= 0.6 is 0 Å². The lowest BCUT2D eigenvalue weighted by Gasteiger charge is -2.43. The van der Waals surface area contributed by atoms with Gasteiger partial charge in [-0.15, -0.1) is 0 Å². The van der Waals surface area contributed by atoms with E-state index in [1.54, 1.807) is 0 Å². The van der Waals surface area contributed by atoms with Gasteiger partial charge < -0.3 is 9.90 Å². The van der Waals surface area contributed by atoms with Crippen molar-refractivity contribution in [2.45, 2.75) is 31.8 Å². The van der Waals surface area contributed by atoms with Crippen molar-refractivity contribution in [1.82, 2.24) is 0 Å². The Bertz CT molecular complexity index is 211. The molecule has 0 heterocycles. The predicted molar refractivity (Wildman–Crippen MR) is 38.6 cm³/mol. The maximum atomic E-state index is 10.4. The first-order valence-corrected chi connectivity index (χ1v) is 3.68. The predicted octanol–water partition coefficient (Wildman–Crippen LogP) is 0.630. The summed E-state index contributed by atoms with van der Waals surface area (Å²) in [5.41, 5.74) is -2.26. The second kappa shape index (κ2) is 2.31. The molecule has 1 unspecified atom stereocenters. The number of rotatable bonds is 2. The van der Waals surface area contributed by atoms with Crippen LogP contribution in [0.15, 0.2) is 0 Å². The molecule has 0 saturated heterocycles. The van der Waals surface area contributed by atoms with Crippen LogP contribution < -0.4 is 0 Å². The molecule has 1 N–H and O–H groups in total. The summed E-state index contributed by atoms with van der Waals surface area (Å²) in [7, 11) is 0. The summed E-state index contributed by atoms with van der Waals surface area (Å²) < 4.78 is 0. The van der Waals surface area contributed by atoms with E-state index in [1.165, 1.54) is 6.92 Å². The minimum atomic E-state index is -1.46. The van der Waals surface area contributed by atoms with Crippen LogP contribution in [0.3, 0.4) is 0 Å². The Labute approximate surface area is 65.6 Å². The molecule has 1 atom stereocenters. The van der Waals surface area contributed by atoms with E-state index >= 15 is 0 Å². The van der Waals surface area contributed by atoms with Crippen LogP contribution in [0.4, 0.5) is 0 Å². The highest BCUT2D eigenvalue weighted by molar-refractivity contribution is 5.64. The maximum Gasteiger partial charge on any atom is 0.152 e. The van der Waals surface area contributed by atoms with Gasteiger partial charge in [0.1, 0.15) is 5.60 Å². The highest BCUT2D eigenvalue weighted by Crippen LogP contribution is 2.47. The lowest BCUT2D eigenvalue weighted by atomic mass is 9.60. The molecule has 0 radical (unpaired) electrons. The largest absolute Gasteiger partial charge is 0.381 e. The van der Waals surface area contributed by atoms with Gasteiger partial charge >= 0.3 is 0 Å². The fraction of sp³-hybridized carbons (Fsp3) is 0.750. The molecule has 0 aromatic heterocycles. The van der Waals surface area contributed by atoms with Crippen molar-refractivity contribution in [2.75, 3.05) is 0 Å². The third-order valence-corrected chi connectivity index (χ3v) is 2.62. The second-order valence-electron chi connectivity index (χ2n) is 3.31. The Hall–Kier alpha value is -0.880. The first-order chi connectivity index (χ1) is 5.08. The number of aliphatic hydroxyl groups is 1. The van der Waals surface area contributed by atoms with Crippen molar-refractivity contribution >= 4 is 6.29 Å². The molecule has 0 amide bonds. The molecule has 0 spiro atoms. The Morgan fingerprint density at radius 2 is 2.27 bits per heavy atom. The first kappa shape index (κ1) is 8.22. The molecule has 0 aromatic rings. The average Bonchev–Trinajstić information content (AvgIpc) is 1.86. The lowest BCUT2D eigenvalue weighted by molar-refractivity contribution is -0.138. The van der Waals surface area contributed by atoms with E-state index in [9.17, 15) is 9.90 Å². The zero-order valence-corrected chi connectivity index (χ0v) is 6.50. The third kappa shape index (κ3) is 0.945. The highest BCUT2D eigenvalue weighted by atomic mass is 16.3. The molecule has 0 aliphatic heterocycles. The number of nitrogens with zero attached hydrogens (tertiary/aromatic N) is 1. The van der Waals surface area contributed by atoms with Crippen molar-refractivity contribution in [3.63, 3.8) is 0 Å². The lowest BCUT2D eigenvalue weighted by Crippen LogP contribution is -2.50. The van der Waals surface area contributed by atoms with Gasteiger partial charge in [-0.2, -0.15) is 5.26 Å². The fourth-order valence-corrected chi connectivity index (χ4v) is 1.37. The average molecular weight is 153 g/mol. The van der Waals surface area contributed by atoms with E-state index in [0.717, 1.165) is 6.42 Å². The summed E-state index contributed by atoms with van der Waals surface area (Å²) in [5.74, 6) is 0. The molecule has 1 aliphatic carbocycles. The van der Waals surface area contributed by atoms with Crippen LogP contribution in [0.25, 0.3) is 0 Å². The molecule has 1 fully saturated rings. The van der Waals surface area contributed by atoms with Gasteiger partial charge in [0, 0.05) is 0 Å². The Morgan fingerprint density at radius 3 is 2.36 bits per heavy atom. The van der Waals surface area contributed by atoms with Crippen molar-refractivity contribution in [3.8, 4) is 6.07 Å². The number of nitriles is 1. The summed E-state index contributed by atoms with van der Waals surface area (Å²) in [6.45, 7) is 1.41. The standard InChI is InChI=1S/C8H11NO2/c1-7(11,6-10)8(5-9)3-2-4-8/h6,11H,2-4H2,1H3. The smallest absolute Gasteiger partial charge is 0.152 e. The zero-order valence-electron chi connectivity index (χ0n) is 6.50. The zero-order chi connectivity index (χ0) is 8.54. The molecule has 1 rings (SSSR count). The Balaban J connectivity index is 2.87. The molecule has 3 heteroatoms. The van der Waals surface area contributed by atoms with Gasteiger partial charge in [0.2, 0.25) is 0 Å². The van der Waals surface area contributed by atoms with Crippen molar-refractivity contribution in [2.24, 2.45) is 5.41 Å². The normalized spacial score (nSPS) is 25.9. The molecule has 60 valence electrons. The van der Waals surface area contributed by atoms with Crippen molar-refractivity contribution in [1.29, 1.82) is 5.26 Å². The van der Waals surface area contributed by atoms with Gasteiger partial charge in [0.15, 0.2) is 6.29 Å². The van der Waals surface area contributed by atoms with Crippen molar-refractivity contribution in [3.05, 3.63) is 0 Å². The Kier molecular flexibility index (Phi) is 1.73. The van der Waals surface area contributed by atoms with Crippen LogP contribution in [0.5, 0.6) is 0 Å². The van der Waals surface area contributed by atoms with E-state index in [4.69, 9.17) is 5.26 Å². The van der Waals surface area contributed by atoms with E-state index in [-0.39, 0.29) is 0 Å². The second-order valence-corrected chi connectivity index (χ2v) is 3.31. The number of hydrogen-bond acceptors (Lipinski definition) is 3. The van der Waals surface area contributed by atoms with Gasteiger partial charge in [0.05, 0.1) is 11.5 Å². The first-order valence-electron chi connectivity index (χ1n) is 3.68. The van der Waals surface area contributed by atoms with Gasteiger partial charge in [-0.05, 0) is 19.8 Å². The van der Waals surface area contributed by atoms with Gasteiger partial charge in [-0.1, -0.05) is 6.42 Å². The summed E-state index contributed by atoms with van der Waals surface area (Å²) in [4.78, 5) is 10.4. The van der Waals surface area contributed by atoms with E-state index in [2.05, 4.69) is 0 Å². The number of carbonyl (C=O) groups excluding carboxylic acids is 1. The molecule has 1 saturated carbocycles. The summed E-state index contributed by atoms with van der Waals surface area (Å²) >= 11 is 0. The molecule has 11 heavy (non-hydrogen) atoms. The fourth-order valence-electron chi connectivity index (χ4n) is 1.37. The maximum absolute atomic E-state index is 10.4. The quantitative estimate of drug-likeness (QED) is 0.592. The summed E-state index contributed by atoms with van der Waals surface area (Å²) in [5, 5.41) is 18.2. The van der Waals surface area contributed by atoms with Crippen LogP contribution in [0.2, 0.25) is 0 Å². The molecule has 3 nitrogen and oxygen atoms in total. The van der Waals surface area contributed by atoms with Crippen LogP contribution in [0, 0.1) is 16.7 Å². The molecular formula is C8H11NO2. The minimum Gasteiger partial charge on any atom is -0.381 e. The molecule has 1 aliphatic rings. The van der Waals surface area contributed by atoms with Gasteiger partial charge in [-0.25, -0.2) is 0 Å². The highest BCUT2D eigenvalue weighted by Gasteiger charge is 2.52. The van der Waals surface area contributed by atoms with Crippen molar-refractivity contribution < 1.29 is 9.90 Å². The number of aldehydes is 1. The number of hydrogen-bond donors (Lipinski definition) is 1. The molecule has 0 aromatic carbocycles. The van der Waals surface area contributed by atoms with E-state index in [1.807, 2.05) is 6.07 Å². The monoisotopic (exact) mass is 153 g/mol. The SMILES string of the molecule is CC(O)(C=O)C1(C#N)CCC1. The van der Waals surface area contributed by atoms with Gasteiger partial charge in [-0.3, -0.25) is 0 Å². The van der Waals surface area contributed by atoms with E-state index < -0.39 is 11.0 Å². The van der Waals surface area contributed by atoms with Crippen LogP contribution in [-0.2, 0) is 4.79 Å². The van der Waals surface area contributed by atoms with Gasteiger partial charge in [0.25, 0.3) is 0 Å². The minimum absolute atomic E-state index is 0.468. The third-order valence-electron chi connectivity index (χ3n) is 2.62. The molecular weight excluding hydrogens is 142 g/mol. The Morgan fingerprint density at radius 1 is 1.73 bits per heavy atom. The molecule has 0 bridgehead atoms.